The third-order valence-corrected chi connectivity index (χ3v) is 4.49. The lowest BCUT2D eigenvalue weighted by molar-refractivity contribution is 0.167. The van der Waals surface area contributed by atoms with Crippen LogP contribution in [0.2, 0.25) is 0 Å². The Hall–Kier alpha value is -1.96. The zero-order valence-corrected chi connectivity index (χ0v) is 11.7. The van der Waals surface area contributed by atoms with Crippen LogP contribution in [0.3, 0.4) is 0 Å². The number of hydrogen-bond donors (Lipinski definition) is 1. The van der Waals surface area contributed by atoms with Crippen LogP contribution >= 0.6 is 0 Å². The van der Waals surface area contributed by atoms with Gasteiger partial charge in [-0.2, -0.15) is 0 Å². The van der Waals surface area contributed by atoms with Crippen molar-refractivity contribution in [3.8, 4) is 5.75 Å². The van der Waals surface area contributed by atoms with Gasteiger partial charge in [-0.05, 0) is 48.9 Å². The largest absolute Gasteiger partial charge is 0.481 e. The van der Waals surface area contributed by atoms with Gasteiger partial charge in [0, 0.05) is 0 Å². The molecule has 1 heterocycles. The minimum absolute atomic E-state index is 0.141. The van der Waals surface area contributed by atoms with E-state index in [1.54, 1.807) is 0 Å². The Balaban J connectivity index is 1.81. The number of nitrogens with one attached hydrogen (secondary N) is 1. The number of anilines is 1. The first-order valence-corrected chi connectivity index (χ1v) is 7.43. The molecule has 2 nitrogen and oxygen atoms in total. The molecule has 1 aliphatic carbocycles. The fraction of sp³-hybridized carbons (Fsp3) is 0.333. The molecule has 1 N–H and O–H groups in total. The Kier molecular flexibility index (Phi) is 2.69. The number of rotatable bonds is 0. The van der Waals surface area contributed by atoms with E-state index in [0.29, 0.717) is 6.04 Å². The third-order valence-electron chi connectivity index (χ3n) is 4.49. The SMILES string of the molecule is Cc1cccc2c1OC1c3ccccc3CCCC1N2. The summed E-state index contributed by atoms with van der Waals surface area (Å²) in [5.74, 6) is 1.02. The van der Waals surface area contributed by atoms with Gasteiger partial charge in [-0.25, -0.2) is 0 Å². The van der Waals surface area contributed by atoms with E-state index in [2.05, 4.69) is 54.7 Å². The highest BCUT2D eigenvalue weighted by atomic mass is 16.5. The summed E-state index contributed by atoms with van der Waals surface area (Å²) in [6.45, 7) is 2.11. The van der Waals surface area contributed by atoms with E-state index in [1.807, 2.05) is 0 Å². The molecule has 2 atom stereocenters. The van der Waals surface area contributed by atoms with Gasteiger partial charge in [0.2, 0.25) is 0 Å². The van der Waals surface area contributed by atoms with E-state index in [-0.39, 0.29) is 6.10 Å². The highest BCUT2D eigenvalue weighted by Gasteiger charge is 2.34. The summed E-state index contributed by atoms with van der Waals surface area (Å²) in [7, 11) is 0. The molecule has 0 aromatic heterocycles. The molecule has 102 valence electrons. The molecule has 20 heavy (non-hydrogen) atoms. The van der Waals surface area contributed by atoms with E-state index in [1.165, 1.54) is 23.1 Å². The Morgan fingerprint density at radius 1 is 1.10 bits per heavy atom. The van der Waals surface area contributed by atoms with Gasteiger partial charge >= 0.3 is 0 Å². The van der Waals surface area contributed by atoms with Crippen LogP contribution in [-0.4, -0.2) is 6.04 Å². The quantitative estimate of drug-likeness (QED) is 0.769. The molecule has 0 saturated heterocycles. The molecule has 0 fully saturated rings. The zero-order valence-electron chi connectivity index (χ0n) is 11.7. The van der Waals surface area contributed by atoms with Crippen molar-refractivity contribution < 1.29 is 4.74 Å². The highest BCUT2D eigenvalue weighted by molar-refractivity contribution is 5.62. The number of benzene rings is 2. The van der Waals surface area contributed by atoms with Crippen molar-refractivity contribution in [1.29, 1.82) is 0 Å². The molecule has 2 unspecified atom stereocenters. The minimum atomic E-state index is 0.141. The summed E-state index contributed by atoms with van der Waals surface area (Å²) in [5, 5.41) is 3.70. The monoisotopic (exact) mass is 265 g/mol. The van der Waals surface area contributed by atoms with Crippen LogP contribution in [-0.2, 0) is 6.42 Å². The van der Waals surface area contributed by atoms with Crippen LogP contribution in [0, 0.1) is 6.92 Å². The van der Waals surface area contributed by atoms with E-state index in [0.717, 1.165) is 24.3 Å². The standard InChI is InChI=1S/C18H19NO/c1-12-6-4-10-15-17(12)20-18-14-9-3-2-7-13(14)8-5-11-16(18)19-15/h2-4,6-7,9-10,16,18-19H,5,8,11H2,1H3. The van der Waals surface area contributed by atoms with Crippen molar-refractivity contribution in [2.75, 3.05) is 5.32 Å². The van der Waals surface area contributed by atoms with Gasteiger partial charge in [0.1, 0.15) is 11.9 Å². The van der Waals surface area contributed by atoms with Crippen molar-refractivity contribution in [1.82, 2.24) is 0 Å². The van der Waals surface area contributed by atoms with Crippen LogP contribution in [0.5, 0.6) is 5.75 Å². The Bertz CT molecular complexity index is 650. The number of para-hydroxylation sites is 1. The predicted molar refractivity (Wildman–Crippen MR) is 81.3 cm³/mol. The maximum absolute atomic E-state index is 6.41. The molecule has 1 aliphatic heterocycles. The number of hydrogen-bond acceptors (Lipinski definition) is 2. The third kappa shape index (κ3) is 1.79. The summed E-state index contributed by atoms with van der Waals surface area (Å²) in [6, 6.07) is 15.4. The van der Waals surface area contributed by atoms with Crippen molar-refractivity contribution >= 4 is 5.69 Å². The van der Waals surface area contributed by atoms with Gasteiger partial charge in [0.25, 0.3) is 0 Å². The van der Waals surface area contributed by atoms with Crippen LogP contribution in [0.1, 0.15) is 35.6 Å². The highest BCUT2D eigenvalue weighted by Crippen LogP contribution is 2.42. The van der Waals surface area contributed by atoms with Crippen LogP contribution in [0.25, 0.3) is 0 Å². The molecule has 0 spiro atoms. The van der Waals surface area contributed by atoms with Crippen LogP contribution in [0.4, 0.5) is 5.69 Å². The van der Waals surface area contributed by atoms with E-state index < -0.39 is 0 Å². The Morgan fingerprint density at radius 3 is 2.95 bits per heavy atom. The maximum Gasteiger partial charge on any atom is 0.146 e. The molecule has 0 bridgehead atoms. The van der Waals surface area contributed by atoms with Gasteiger partial charge in [0.05, 0.1) is 11.7 Å². The first kappa shape index (κ1) is 11.8. The average Bonchev–Trinajstić information content (AvgIpc) is 2.65. The maximum atomic E-state index is 6.41. The molecule has 0 radical (unpaired) electrons. The van der Waals surface area contributed by atoms with Crippen LogP contribution < -0.4 is 10.1 Å². The normalized spacial score (nSPS) is 23.4. The fourth-order valence-electron chi connectivity index (χ4n) is 3.46. The molecule has 2 aromatic rings. The second kappa shape index (κ2) is 4.55. The summed E-state index contributed by atoms with van der Waals surface area (Å²) in [5.41, 5.74) is 5.15. The second-order valence-electron chi connectivity index (χ2n) is 5.83. The molecule has 0 amide bonds. The second-order valence-corrected chi connectivity index (χ2v) is 5.83. The molecule has 4 rings (SSSR count). The first-order valence-electron chi connectivity index (χ1n) is 7.43. The first-order chi connectivity index (χ1) is 9.83. The predicted octanol–water partition coefficient (Wildman–Crippen LogP) is 4.25. The lowest BCUT2D eigenvalue weighted by Gasteiger charge is -2.35. The molecule has 2 aromatic carbocycles. The topological polar surface area (TPSA) is 21.3 Å². The Labute approximate surface area is 119 Å². The smallest absolute Gasteiger partial charge is 0.146 e. The van der Waals surface area contributed by atoms with E-state index >= 15 is 0 Å². The molecule has 2 aliphatic rings. The summed E-state index contributed by atoms with van der Waals surface area (Å²) in [4.78, 5) is 0. The summed E-state index contributed by atoms with van der Waals surface area (Å²) >= 11 is 0. The molecule has 2 heteroatoms. The zero-order chi connectivity index (χ0) is 13.5. The summed E-state index contributed by atoms with van der Waals surface area (Å²) < 4.78 is 6.41. The lowest BCUT2D eigenvalue weighted by Crippen LogP contribution is -2.34. The Morgan fingerprint density at radius 2 is 2.00 bits per heavy atom. The van der Waals surface area contributed by atoms with Crippen molar-refractivity contribution in [2.45, 2.75) is 38.3 Å². The van der Waals surface area contributed by atoms with E-state index in [9.17, 15) is 0 Å². The van der Waals surface area contributed by atoms with E-state index in [4.69, 9.17) is 4.74 Å². The molecular weight excluding hydrogens is 246 g/mol. The van der Waals surface area contributed by atoms with Gasteiger partial charge in [0.15, 0.2) is 0 Å². The van der Waals surface area contributed by atoms with Crippen molar-refractivity contribution in [3.05, 3.63) is 59.2 Å². The average molecular weight is 265 g/mol. The molecule has 0 saturated carbocycles. The number of aryl methyl sites for hydroxylation is 2. The van der Waals surface area contributed by atoms with Gasteiger partial charge in [-0.1, -0.05) is 36.4 Å². The van der Waals surface area contributed by atoms with Crippen molar-refractivity contribution in [3.63, 3.8) is 0 Å². The van der Waals surface area contributed by atoms with Gasteiger partial charge in [-0.15, -0.1) is 0 Å². The van der Waals surface area contributed by atoms with Gasteiger partial charge < -0.3 is 10.1 Å². The van der Waals surface area contributed by atoms with Crippen molar-refractivity contribution in [2.24, 2.45) is 0 Å². The number of ether oxygens (including phenoxy) is 1. The number of fused-ring (bicyclic) bond motifs is 4. The van der Waals surface area contributed by atoms with Crippen LogP contribution in [0.15, 0.2) is 42.5 Å². The fourth-order valence-corrected chi connectivity index (χ4v) is 3.46. The lowest BCUT2D eigenvalue weighted by atomic mass is 9.96. The van der Waals surface area contributed by atoms with Gasteiger partial charge in [-0.3, -0.25) is 0 Å². The molecular formula is C18H19NO. The minimum Gasteiger partial charge on any atom is -0.481 e. The summed E-state index contributed by atoms with van der Waals surface area (Å²) in [6.07, 6.45) is 3.67.